The van der Waals surface area contributed by atoms with Crippen molar-refractivity contribution >= 4 is 11.7 Å². The minimum Gasteiger partial charge on any atom is -0.494 e. The van der Waals surface area contributed by atoms with Gasteiger partial charge in [-0.15, -0.1) is 0 Å². The Kier molecular flexibility index (Phi) is 4.33. The molecule has 6 heteroatoms. The fourth-order valence-corrected chi connectivity index (χ4v) is 2.13. The molecule has 116 valence electrons. The first-order valence-corrected chi connectivity index (χ1v) is 7.20. The molecule has 0 aliphatic carbocycles. The summed E-state index contributed by atoms with van der Waals surface area (Å²) in [6.45, 7) is 2.43. The summed E-state index contributed by atoms with van der Waals surface area (Å²) in [5.41, 5.74) is 1.77. The van der Waals surface area contributed by atoms with Crippen molar-refractivity contribution in [3.63, 3.8) is 0 Å². The molecule has 1 heterocycles. The Morgan fingerprint density at radius 3 is 2.74 bits per heavy atom. The molecule has 0 spiro atoms. The molecule has 1 N–H and O–H groups in total. The molecule has 0 unspecified atom stereocenters. The normalized spacial score (nSPS) is 10.3. The van der Waals surface area contributed by atoms with Crippen molar-refractivity contribution in [1.29, 1.82) is 0 Å². The Morgan fingerprint density at radius 1 is 1.13 bits per heavy atom. The Balaban J connectivity index is 1.82. The highest BCUT2D eigenvalue weighted by molar-refractivity contribution is 6.05. The minimum absolute atomic E-state index is 0.281. The van der Waals surface area contributed by atoms with Crippen LogP contribution in [0.5, 0.6) is 5.75 Å². The zero-order chi connectivity index (χ0) is 16.1. The van der Waals surface area contributed by atoms with E-state index in [4.69, 9.17) is 9.37 Å². The first-order chi connectivity index (χ1) is 11.3. The molecule has 2 aromatic carbocycles. The lowest BCUT2D eigenvalue weighted by Gasteiger charge is -2.06. The molecule has 23 heavy (non-hydrogen) atoms. The van der Waals surface area contributed by atoms with E-state index in [2.05, 4.69) is 15.6 Å². The highest BCUT2D eigenvalue weighted by Crippen LogP contribution is 2.24. The molecule has 0 fully saturated rings. The van der Waals surface area contributed by atoms with E-state index in [0.29, 0.717) is 23.6 Å². The van der Waals surface area contributed by atoms with E-state index in [-0.39, 0.29) is 11.7 Å². The van der Waals surface area contributed by atoms with E-state index in [1.54, 1.807) is 24.3 Å². The summed E-state index contributed by atoms with van der Waals surface area (Å²) in [7, 11) is 0. The second kappa shape index (κ2) is 6.74. The monoisotopic (exact) mass is 309 g/mol. The van der Waals surface area contributed by atoms with Crippen molar-refractivity contribution in [3.8, 4) is 17.0 Å². The summed E-state index contributed by atoms with van der Waals surface area (Å²) in [6.07, 6.45) is 0. The van der Waals surface area contributed by atoms with Gasteiger partial charge in [-0.25, -0.2) is 4.63 Å². The van der Waals surface area contributed by atoms with Gasteiger partial charge in [-0.2, -0.15) is 0 Å². The molecule has 3 aromatic rings. The number of carbonyl (C=O) groups excluding carboxylic acids is 1. The fraction of sp³-hybridized carbons (Fsp3) is 0.118. The molecule has 6 nitrogen and oxygen atoms in total. The van der Waals surface area contributed by atoms with Gasteiger partial charge in [0.25, 0.3) is 5.91 Å². The van der Waals surface area contributed by atoms with Gasteiger partial charge in [0.15, 0.2) is 5.69 Å². The predicted octanol–water partition coefficient (Wildman–Crippen LogP) is 3.39. The van der Waals surface area contributed by atoms with Gasteiger partial charge in [0.05, 0.1) is 6.61 Å². The van der Waals surface area contributed by atoms with Crippen molar-refractivity contribution in [2.24, 2.45) is 0 Å². The third-order valence-corrected chi connectivity index (χ3v) is 3.17. The fourth-order valence-electron chi connectivity index (χ4n) is 2.13. The van der Waals surface area contributed by atoms with E-state index < -0.39 is 0 Å². The SMILES string of the molecule is CCOc1cccc(C(=O)Nc2nonc2-c2ccccc2)c1. The van der Waals surface area contributed by atoms with Crippen LogP contribution in [0.15, 0.2) is 59.2 Å². The van der Waals surface area contributed by atoms with Gasteiger partial charge in [-0.05, 0) is 35.4 Å². The van der Waals surface area contributed by atoms with Gasteiger partial charge in [-0.1, -0.05) is 36.4 Å². The van der Waals surface area contributed by atoms with Crippen LogP contribution in [0.1, 0.15) is 17.3 Å². The zero-order valence-electron chi connectivity index (χ0n) is 12.5. The molecule has 0 atom stereocenters. The van der Waals surface area contributed by atoms with Crippen LogP contribution in [0, 0.1) is 0 Å². The maximum absolute atomic E-state index is 12.4. The van der Waals surface area contributed by atoms with Crippen LogP contribution in [-0.4, -0.2) is 22.8 Å². The van der Waals surface area contributed by atoms with E-state index in [9.17, 15) is 4.79 Å². The van der Waals surface area contributed by atoms with Gasteiger partial charge < -0.3 is 10.1 Å². The van der Waals surface area contributed by atoms with Crippen LogP contribution < -0.4 is 10.1 Å². The number of hydrogen-bond donors (Lipinski definition) is 1. The van der Waals surface area contributed by atoms with E-state index in [1.807, 2.05) is 37.3 Å². The summed E-state index contributed by atoms with van der Waals surface area (Å²) in [4.78, 5) is 12.4. The van der Waals surface area contributed by atoms with Gasteiger partial charge in [0.2, 0.25) is 5.82 Å². The molecule has 0 saturated heterocycles. The smallest absolute Gasteiger partial charge is 0.257 e. The van der Waals surface area contributed by atoms with Gasteiger partial charge in [0, 0.05) is 11.1 Å². The number of anilines is 1. The number of rotatable bonds is 5. The summed E-state index contributed by atoms with van der Waals surface area (Å²) in [5, 5.41) is 10.3. The van der Waals surface area contributed by atoms with Crippen molar-refractivity contribution in [1.82, 2.24) is 10.3 Å². The lowest BCUT2D eigenvalue weighted by Crippen LogP contribution is -2.13. The molecule has 3 rings (SSSR count). The second-order valence-electron chi connectivity index (χ2n) is 4.74. The lowest BCUT2D eigenvalue weighted by molar-refractivity contribution is 0.102. The number of nitrogens with one attached hydrogen (secondary N) is 1. The van der Waals surface area contributed by atoms with Gasteiger partial charge >= 0.3 is 0 Å². The third kappa shape index (κ3) is 3.37. The average molecular weight is 309 g/mol. The number of amides is 1. The average Bonchev–Trinajstić information content (AvgIpc) is 3.04. The van der Waals surface area contributed by atoms with Crippen LogP contribution >= 0.6 is 0 Å². The molecule has 0 aliphatic rings. The summed E-state index contributed by atoms with van der Waals surface area (Å²) in [6, 6.07) is 16.3. The second-order valence-corrected chi connectivity index (χ2v) is 4.74. The Bertz CT molecular complexity index is 800. The number of hydrogen-bond acceptors (Lipinski definition) is 5. The zero-order valence-corrected chi connectivity index (χ0v) is 12.5. The molecule has 0 saturated carbocycles. The van der Waals surface area contributed by atoms with Crippen LogP contribution in [-0.2, 0) is 0 Å². The number of benzene rings is 2. The summed E-state index contributed by atoms with van der Waals surface area (Å²) < 4.78 is 10.2. The number of nitrogens with zero attached hydrogens (tertiary/aromatic N) is 2. The van der Waals surface area contributed by atoms with E-state index in [1.165, 1.54) is 0 Å². The molecule has 1 aromatic heterocycles. The lowest BCUT2D eigenvalue weighted by atomic mass is 10.1. The van der Waals surface area contributed by atoms with E-state index >= 15 is 0 Å². The Labute approximate surface area is 133 Å². The number of carbonyl (C=O) groups is 1. The highest BCUT2D eigenvalue weighted by atomic mass is 16.6. The van der Waals surface area contributed by atoms with Crippen molar-refractivity contribution < 1.29 is 14.2 Å². The largest absolute Gasteiger partial charge is 0.494 e. The minimum atomic E-state index is -0.306. The topological polar surface area (TPSA) is 77.2 Å². The first kappa shape index (κ1) is 14.8. The van der Waals surface area contributed by atoms with E-state index in [0.717, 1.165) is 5.56 Å². The third-order valence-electron chi connectivity index (χ3n) is 3.17. The quantitative estimate of drug-likeness (QED) is 0.781. The van der Waals surface area contributed by atoms with Gasteiger partial charge in [0.1, 0.15) is 5.75 Å². The summed E-state index contributed by atoms with van der Waals surface area (Å²) >= 11 is 0. The maximum atomic E-state index is 12.4. The maximum Gasteiger partial charge on any atom is 0.257 e. The Hall–Kier alpha value is -3.15. The predicted molar refractivity (Wildman–Crippen MR) is 85.3 cm³/mol. The van der Waals surface area contributed by atoms with Crippen molar-refractivity contribution in [2.75, 3.05) is 11.9 Å². The van der Waals surface area contributed by atoms with Crippen LogP contribution in [0.4, 0.5) is 5.82 Å². The van der Waals surface area contributed by atoms with Crippen LogP contribution in [0.3, 0.4) is 0 Å². The molecule has 0 aliphatic heterocycles. The molecule has 1 amide bonds. The highest BCUT2D eigenvalue weighted by Gasteiger charge is 2.16. The van der Waals surface area contributed by atoms with Crippen LogP contribution in [0.25, 0.3) is 11.3 Å². The van der Waals surface area contributed by atoms with Crippen molar-refractivity contribution in [2.45, 2.75) is 6.92 Å². The summed E-state index contributed by atoms with van der Waals surface area (Å²) in [5.74, 6) is 0.615. The standard InChI is InChI=1S/C17H15N3O3/c1-2-22-14-10-6-9-13(11-14)17(21)18-16-15(19-23-20-16)12-7-4-3-5-8-12/h3-11H,2H2,1H3,(H,18,20,21). The number of ether oxygens (including phenoxy) is 1. The van der Waals surface area contributed by atoms with Gasteiger partial charge in [-0.3, -0.25) is 4.79 Å². The first-order valence-electron chi connectivity index (χ1n) is 7.20. The van der Waals surface area contributed by atoms with Crippen molar-refractivity contribution in [3.05, 3.63) is 60.2 Å². The number of aromatic nitrogens is 2. The Morgan fingerprint density at radius 2 is 1.96 bits per heavy atom. The molecule has 0 bridgehead atoms. The molecular formula is C17H15N3O3. The molecular weight excluding hydrogens is 294 g/mol. The van der Waals surface area contributed by atoms with Crippen LogP contribution in [0.2, 0.25) is 0 Å². The molecule has 0 radical (unpaired) electrons.